The molecule has 0 aliphatic carbocycles. The van der Waals surface area contributed by atoms with E-state index in [-0.39, 0.29) is 17.3 Å². The molecule has 200 valence electrons. The van der Waals surface area contributed by atoms with Crippen LogP contribution >= 0.6 is 11.3 Å². The Morgan fingerprint density at radius 1 is 1.03 bits per heavy atom. The minimum Gasteiger partial charge on any atom is -0.379 e. The van der Waals surface area contributed by atoms with Crippen molar-refractivity contribution in [2.45, 2.75) is 12.6 Å². The Balaban J connectivity index is 1.33. The number of hydrogen-bond donors (Lipinski definition) is 0. The molecule has 0 atom stereocenters. The fourth-order valence-electron chi connectivity index (χ4n) is 4.40. The van der Waals surface area contributed by atoms with Crippen molar-refractivity contribution in [1.29, 1.82) is 0 Å². The van der Waals surface area contributed by atoms with Gasteiger partial charge in [0.25, 0.3) is 5.91 Å². The molecule has 3 heterocycles. The van der Waals surface area contributed by atoms with Crippen LogP contribution < -0.4 is 0 Å². The van der Waals surface area contributed by atoms with Gasteiger partial charge < -0.3 is 9.64 Å². The van der Waals surface area contributed by atoms with Crippen LogP contribution in [0.1, 0.15) is 21.6 Å². The molecule has 1 saturated heterocycles. The molecule has 0 spiro atoms. The SMILES string of the molecule is O=C(c1ccc(C(F)(F)F)cc1)N(CCc1csc2nc(-c3ccc(F)cc3)cn12)CCN1CCOCC1. The third-order valence-electron chi connectivity index (χ3n) is 6.60. The summed E-state index contributed by atoms with van der Waals surface area (Å²) in [6.07, 6.45) is -2.03. The van der Waals surface area contributed by atoms with Crippen LogP contribution in [0.4, 0.5) is 17.6 Å². The van der Waals surface area contributed by atoms with Gasteiger partial charge in [0.05, 0.1) is 24.5 Å². The molecule has 0 radical (unpaired) electrons. The van der Waals surface area contributed by atoms with E-state index in [1.807, 2.05) is 16.0 Å². The first kappa shape index (κ1) is 26.3. The number of nitrogens with zero attached hydrogens (tertiary/aromatic N) is 4. The lowest BCUT2D eigenvalue weighted by atomic mass is 10.1. The zero-order chi connectivity index (χ0) is 26.7. The Kier molecular flexibility index (Phi) is 7.78. The van der Waals surface area contributed by atoms with Gasteiger partial charge in [-0.2, -0.15) is 13.2 Å². The average molecular weight is 547 g/mol. The normalized spacial score (nSPS) is 14.7. The number of morpholine rings is 1. The minimum atomic E-state index is -4.46. The number of carbonyl (C=O) groups is 1. The van der Waals surface area contributed by atoms with Gasteiger partial charge in [-0.1, -0.05) is 0 Å². The molecule has 0 saturated carbocycles. The maximum Gasteiger partial charge on any atom is 0.416 e. The van der Waals surface area contributed by atoms with Gasteiger partial charge in [-0.15, -0.1) is 11.3 Å². The summed E-state index contributed by atoms with van der Waals surface area (Å²) in [6.45, 7) is 4.30. The zero-order valence-corrected chi connectivity index (χ0v) is 21.3. The van der Waals surface area contributed by atoms with Crippen molar-refractivity contribution in [3.63, 3.8) is 0 Å². The standard InChI is InChI=1S/C27H26F4N4O2S/c28-22-7-3-19(4-8-22)24-17-35-23(18-38-26(35)32-24)9-10-34(12-11-33-13-15-37-16-14-33)25(36)20-1-5-21(6-2-20)27(29,30)31/h1-8,17-18H,9-16H2. The van der Waals surface area contributed by atoms with Crippen LogP contribution in [0, 0.1) is 5.82 Å². The monoisotopic (exact) mass is 546 g/mol. The second-order valence-corrected chi connectivity index (χ2v) is 9.92. The third kappa shape index (κ3) is 6.06. The first-order chi connectivity index (χ1) is 18.3. The third-order valence-corrected chi connectivity index (χ3v) is 7.49. The summed E-state index contributed by atoms with van der Waals surface area (Å²) in [5.74, 6) is -0.624. The smallest absolute Gasteiger partial charge is 0.379 e. The molecule has 4 aromatic rings. The van der Waals surface area contributed by atoms with Gasteiger partial charge in [0.2, 0.25) is 0 Å². The molecule has 1 amide bonds. The number of fused-ring (bicyclic) bond motifs is 1. The van der Waals surface area contributed by atoms with E-state index in [4.69, 9.17) is 4.74 Å². The molecule has 0 unspecified atom stereocenters. The van der Waals surface area contributed by atoms with Gasteiger partial charge in [0.1, 0.15) is 5.82 Å². The number of aromatic nitrogens is 2. The van der Waals surface area contributed by atoms with Crippen LogP contribution in [0.25, 0.3) is 16.2 Å². The van der Waals surface area contributed by atoms with E-state index >= 15 is 0 Å². The summed E-state index contributed by atoms with van der Waals surface area (Å²) in [7, 11) is 0. The topological polar surface area (TPSA) is 50.1 Å². The van der Waals surface area contributed by atoms with Crippen molar-refractivity contribution >= 4 is 22.2 Å². The van der Waals surface area contributed by atoms with E-state index in [0.717, 1.165) is 47.1 Å². The second kappa shape index (κ2) is 11.2. The van der Waals surface area contributed by atoms with E-state index in [2.05, 4.69) is 9.88 Å². The fourth-order valence-corrected chi connectivity index (χ4v) is 5.31. The van der Waals surface area contributed by atoms with E-state index < -0.39 is 11.7 Å². The predicted molar refractivity (Wildman–Crippen MR) is 137 cm³/mol. The van der Waals surface area contributed by atoms with Gasteiger partial charge in [-0.05, 0) is 48.5 Å². The van der Waals surface area contributed by atoms with Gasteiger partial charge in [-0.25, -0.2) is 9.37 Å². The van der Waals surface area contributed by atoms with Gasteiger partial charge in [0.15, 0.2) is 4.96 Å². The number of halogens is 4. The van der Waals surface area contributed by atoms with Crippen molar-refractivity contribution in [2.75, 3.05) is 45.9 Å². The van der Waals surface area contributed by atoms with Crippen LogP contribution in [-0.4, -0.2) is 71.0 Å². The Labute approximate surface area is 221 Å². The maximum absolute atomic E-state index is 13.4. The number of thiazole rings is 1. The van der Waals surface area contributed by atoms with Gasteiger partial charge in [0, 0.05) is 67.5 Å². The van der Waals surface area contributed by atoms with Crippen LogP contribution in [-0.2, 0) is 17.3 Å². The highest BCUT2D eigenvalue weighted by molar-refractivity contribution is 7.15. The van der Waals surface area contributed by atoms with E-state index in [0.29, 0.717) is 39.3 Å². The Hall–Kier alpha value is -3.28. The Morgan fingerprint density at radius 3 is 2.42 bits per heavy atom. The summed E-state index contributed by atoms with van der Waals surface area (Å²) in [5.41, 5.74) is 1.92. The highest BCUT2D eigenvalue weighted by Crippen LogP contribution is 2.29. The number of rotatable bonds is 8. The first-order valence-corrected chi connectivity index (χ1v) is 13.1. The van der Waals surface area contributed by atoms with E-state index in [9.17, 15) is 22.4 Å². The number of hydrogen-bond acceptors (Lipinski definition) is 5. The second-order valence-electron chi connectivity index (χ2n) is 9.08. The zero-order valence-electron chi connectivity index (χ0n) is 20.5. The number of alkyl halides is 3. The number of ether oxygens (including phenoxy) is 1. The summed E-state index contributed by atoms with van der Waals surface area (Å²) in [5, 5.41) is 1.99. The van der Waals surface area contributed by atoms with Gasteiger partial charge in [-0.3, -0.25) is 14.1 Å². The molecule has 0 N–H and O–H groups in total. The number of imidazole rings is 1. The molecule has 1 aliphatic heterocycles. The number of carbonyl (C=O) groups excluding carboxylic acids is 1. The molecule has 38 heavy (non-hydrogen) atoms. The molecule has 2 aromatic carbocycles. The summed E-state index contributed by atoms with van der Waals surface area (Å²) in [4.78, 5) is 22.7. The van der Waals surface area contributed by atoms with Crippen molar-refractivity contribution < 1.29 is 27.1 Å². The molecule has 1 aliphatic rings. The predicted octanol–water partition coefficient (Wildman–Crippen LogP) is 5.24. The van der Waals surface area contributed by atoms with Crippen LogP contribution in [0.3, 0.4) is 0 Å². The summed E-state index contributed by atoms with van der Waals surface area (Å²) in [6, 6.07) is 10.5. The molecular formula is C27H26F4N4O2S. The van der Waals surface area contributed by atoms with Crippen molar-refractivity contribution in [3.05, 3.63) is 82.7 Å². The van der Waals surface area contributed by atoms with Crippen LogP contribution in [0.5, 0.6) is 0 Å². The van der Waals surface area contributed by atoms with Crippen LogP contribution in [0.2, 0.25) is 0 Å². The van der Waals surface area contributed by atoms with Gasteiger partial charge >= 0.3 is 6.18 Å². The molecule has 0 bridgehead atoms. The molecule has 6 nitrogen and oxygen atoms in total. The van der Waals surface area contributed by atoms with Crippen molar-refractivity contribution in [2.24, 2.45) is 0 Å². The van der Waals surface area contributed by atoms with Crippen LogP contribution in [0.15, 0.2) is 60.1 Å². The molecule has 5 rings (SSSR count). The highest BCUT2D eigenvalue weighted by atomic mass is 32.1. The number of amides is 1. The van der Waals surface area contributed by atoms with E-state index in [1.54, 1.807) is 17.0 Å². The molecule has 2 aromatic heterocycles. The number of benzene rings is 2. The quantitative estimate of drug-likeness (QED) is 0.284. The maximum atomic E-state index is 13.4. The lowest BCUT2D eigenvalue weighted by Crippen LogP contribution is -2.43. The lowest BCUT2D eigenvalue weighted by Gasteiger charge is -2.30. The average Bonchev–Trinajstić information content (AvgIpc) is 3.50. The Bertz CT molecular complexity index is 1380. The van der Waals surface area contributed by atoms with E-state index in [1.165, 1.54) is 35.6 Å². The first-order valence-electron chi connectivity index (χ1n) is 12.3. The minimum absolute atomic E-state index is 0.219. The lowest BCUT2D eigenvalue weighted by molar-refractivity contribution is -0.137. The Morgan fingerprint density at radius 2 is 1.74 bits per heavy atom. The molecular weight excluding hydrogens is 520 g/mol. The fraction of sp³-hybridized carbons (Fsp3) is 0.333. The molecule has 11 heteroatoms. The highest BCUT2D eigenvalue weighted by Gasteiger charge is 2.30. The largest absolute Gasteiger partial charge is 0.416 e. The van der Waals surface area contributed by atoms with Crippen molar-refractivity contribution in [3.8, 4) is 11.3 Å². The van der Waals surface area contributed by atoms with Crippen molar-refractivity contribution in [1.82, 2.24) is 19.2 Å². The summed E-state index contributed by atoms with van der Waals surface area (Å²) >= 11 is 1.47. The molecule has 1 fully saturated rings. The summed E-state index contributed by atoms with van der Waals surface area (Å²) < 4.78 is 59.7.